The number of carbonyl (C=O) groups excluding carboxylic acids is 1. The lowest BCUT2D eigenvalue weighted by molar-refractivity contribution is -0.127. The van der Waals surface area contributed by atoms with Crippen molar-refractivity contribution in [1.82, 2.24) is 9.47 Å². The Hall–Kier alpha value is -1.68. The molecule has 1 atom stereocenters. The van der Waals surface area contributed by atoms with Gasteiger partial charge in [-0.25, -0.2) is 0 Å². The van der Waals surface area contributed by atoms with Gasteiger partial charge in [0.05, 0.1) is 5.75 Å². The van der Waals surface area contributed by atoms with Crippen LogP contribution < -0.4 is 0 Å². The van der Waals surface area contributed by atoms with E-state index < -0.39 is 0 Å². The predicted molar refractivity (Wildman–Crippen MR) is 83.1 cm³/mol. The number of aryl methyl sites for hydroxylation is 1. The molecule has 0 bridgehead atoms. The van der Waals surface area contributed by atoms with Crippen LogP contribution in [0, 0.1) is 6.92 Å². The number of thioether (sulfide) groups is 1. The van der Waals surface area contributed by atoms with Crippen LogP contribution in [0.15, 0.2) is 42.7 Å². The van der Waals surface area contributed by atoms with Gasteiger partial charge >= 0.3 is 0 Å². The van der Waals surface area contributed by atoms with Crippen molar-refractivity contribution in [3.63, 3.8) is 0 Å². The third-order valence-electron chi connectivity index (χ3n) is 3.61. The lowest BCUT2D eigenvalue weighted by Crippen LogP contribution is -2.27. The Morgan fingerprint density at radius 1 is 1.35 bits per heavy atom. The molecule has 0 spiro atoms. The zero-order valence-corrected chi connectivity index (χ0v) is 12.6. The van der Waals surface area contributed by atoms with Crippen LogP contribution in [0.5, 0.6) is 0 Å². The van der Waals surface area contributed by atoms with Crippen LogP contribution >= 0.6 is 11.8 Å². The van der Waals surface area contributed by atoms with Gasteiger partial charge in [-0.05, 0) is 37.6 Å². The van der Waals surface area contributed by atoms with Gasteiger partial charge < -0.3 is 9.47 Å². The molecule has 3 nitrogen and oxygen atoms in total. The fourth-order valence-corrected chi connectivity index (χ4v) is 3.83. The maximum Gasteiger partial charge on any atom is 0.233 e. The highest BCUT2D eigenvalue weighted by atomic mass is 32.2. The van der Waals surface area contributed by atoms with Gasteiger partial charge in [0.25, 0.3) is 0 Å². The largest absolute Gasteiger partial charge is 0.326 e. The highest BCUT2D eigenvalue weighted by Crippen LogP contribution is 2.38. The molecule has 2 aromatic rings. The van der Waals surface area contributed by atoms with Gasteiger partial charge in [-0.2, -0.15) is 0 Å². The van der Waals surface area contributed by atoms with Gasteiger partial charge in [0.15, 0.2) is 0 Å². The van der Waals surface area contributed by atoms with Crippen molar-refractivity contribution in [1.29, 1.82) is 0 Å². The van der Waals surface area contributed by atoms with E-state index in [1.165, 1.54) is 11.1 Å². The van der Waals surface area contributed by atoms with E-state index in [4.69, 9.17) is 0 Å². The molecular weight excluding hydrogens is 268 g/mol. The summed E-state index contributed by atoms with van der Waals surface area (Å²) in [5.74, 6) is 0.833. The highest BCUT2D eigenvalue weighted by Gasteiger charge is 2.31. The summed E-state index contributed by atoms with van der Waals surface area (Å²) in [5.41, 5.74) is 3.61. The van der Waals surface area contributed by atoms with Crippen LogP contribution in [0.2, 0.25) is 0 Å². The van der Waals surface area contributed by atoms with Crippen molar-refractivity contribution in [3.05, 3.63) is 53.9 Å². The number of rotatable bonds is 3. The number of hydrogen-bond acceptors (Lipinski definition) is 2. The SMILES string of the molecule is CCN1C(=O)CS[C@@H]1c1ccn(-c2cccc(C)c2)c1. The minimum Gasteiger partial charge on any atom is -0.326 e. The first-order chi connectivity index (χ1) is 9.69. The molecule has 1 aliphatic rings. The molecule has 2 heterocycles. The summed E-state index contributed by atoms with van der Waals surface area (Å²) in [7, 11) is 0. The quantitative estimate of drug-likeness (QED) is 0.864. The van der Waals surface area contributed by atoms with Crippen LogP contribution in [0.4, 0.5) is 0 Å². The van der Waals surface area contributed by atoms with Gasteiger partial charge in [0.1, 0.15) is 5.37 Å². The monoisotopic (exact) mass is 286 g/mol. The Morgan fingerprint density at radius 2 is 2.20 bits per heavy atom. The van der Waals surface area contributed by atoms with Crippen molar-refractivity contribution in [2.24, 2.45) is 0 Å². The number of hydrogen-bond donors (Lipinski definition) is 0. The minimum atomic E-state index is 0.165. The fourth-order valence-electron chi connectivity index (χ4n) is 2.58. The highest BCUT2D eigenvalue weighted by molar-refractivity contribution is 8.00. The van der Waals surface area contributed by atoms with Crippen molar-refractivity contribution in [2.75, 3.05) is 12.3 Å². The Balaban J connectivity index is 1.89. The Morgan fingerprint density at radius 3 is 2.95 bits per heavy atom. The Labute approximate surface area is 123 Å². The summed E-state index contributed by atoms with van der Waals surface area (Å²) >= 11 is 1.71. The van der Waals surface area contributed by atoms with Crippen LogP contribution in [0.25, 0.3) is 5.69 Å². The molecule has 0 aliphatic carbocycles. The van der Waals surface area contributed by atoms with Crippen molar-refractivity contribution < 1.29 is 4.79 Å². The minimum absolute atomic E-state index is 0.165. The Bertz CT molecular complexity index is 635. The molecule has 1 aliphatic heterocycles. The fraction of sp³-hybridized carbons (Fsp3) is 0.312. The predicted octanol–water partition coefficient (Wildman–Crippen LogP) is 3.38. The van der Waals surface area contributed by atoms with Crippen molar-refractivity contribution >= 4 is 17.7 Å². The molecule has 1 aromatic heterocycles. The maximum atomic E-state index is 11.8. The van der Waals surface area contributed by atoms with E-state index in [1.54, 1.807) is 11.8 Å². The molecule has 0 radical (unpaired) electrons. The van der Waals surface area contributed by atoms with Gasteiger partial charge in [0, 0.05) is 30.2 Å². The summed E-state index contributed by atoms with van der Waals surface area (Å²) in [4.78, 5) is 13.8. The van der Waals surface area contributed by atoms with E-state index in [0.29, 0.717) is 5.75 Å². The van der Waals surface area contributed by atoms with E-state index in [-0.39, 0.29) is 11.3 Å². The second-order valence-corrected chi connectivity index (χ2v) is 6.10. The lowest BCUT2D eigenvalue weighted by Gasteiger charge is -2.21. The lowest BCUT2D eigenvalue weighted by atomic mass is 10.2. The number of benzene rings is 1. The first-order valence-corrected chi connectivity index (χ1v) is 7.90. The third kappa shape index (κ3) is 2.36. The van der Waals surface area contributed by atoms with Crippen molar-refractivity contribution in [3.8, 4) is 5.69 Å². The molecule has 0 saturated carbocycles. The smallest absolute Gasteiger partial charge is 0.233 e. The van der Waals surface area contributed by atoms with E-state index >= 15 is 0 Å². The zero-order chi connectivity index (χ0) is 14.1. The molecule has 4 heteroatoms. The summed E-state index contributed by atoms with van der Waals surface area (Å²) in [6.07, 6.45) is 4.20. The number of aromatic nitrogens is 1. The second-order valence-electron chi connectivity index (χ2n) is 5.03. The standard InChI is InChI=1S/C16H18N2OS/c1-3-18-15(19)11-20-16(18)13-7-8-17(10-13)14-6-4-5-12(2)9-14/h4-10,16H,3,11H2,1-2H3/t16-/m1/s1. The van der Waals surface area contributed by atoms with Gasteiger partial charge in [-0.3, -0.25) is 4.79 Å². The van der Waals surface area contributed by atoms with E-state index in [1.807, 2.05) is 11.8 Å². The van der Waals surface area contributed by atoms with Gasteiger partial charge in [-0.15, -0.1) is 11.8 Å². The topological polar surface area (TPSA) is 25.2 Å². The van der Waals surface area contributed by atoms with Crippen molar-refractivity contribution in [2.45, 2.75) is 19.2 Å². The number of amides is 1. The van der Waals surface area contributed by atoms with E-state index in [9.17, 15) is 4.79 Å². The van der Waals surface area contributed by atoms with Crippen LogP contribution in [0.1, 0.15) is 23.4 Å². The molecule has 1 aromatic carbocycles. The summed E-state index contributed by atoms with van der Waals surface area (Å²) in [6, 6.07) is 10.5. The van der Waals surface area contributed by atoms with Crippen LogP contribution in [-0.2, 0) is 4.79 Å². The molecule has 0 N–H and O–H groups in total. The first-order valence-electron chi connectivity index (χ1n) is 6.85. The molecule has 3 rings (SSSR count). The summed E-state index contributed by atoms with van der Waals surface area (Å²) in [5, 5.41) is 0.165. The molecular formula is C16H18N2OS. The Kier molecular flexibility index (Phi) is 3.57. The normalized spacial score (nSPS) is 18.8. The van der Waals surface area contributed by atoms with Crippen LogP contribution in [0.3, 0.4) is 0 Å². The molecule has 0 unspecified atom stereocenters. The third-order valence-corrected chi connectivity index (χ3v) is 4.87. The van der Waals surface area contributed by atoms with E-state index in [0.717, 1.165) is 12.2 Å². The molecule has 1 fully saturated rings. The molecule has 1 amide bonds. The average Bonchev–Trinajstić information content (AvgIpc) is 3.04. The summed E-state index contributed by atoms with van der Waals surface area (Å²) in [6.45, 7) is 4.90. The van der Waals surface area contributed by atoms with Gasteiger partial charge in [-0.1, -0.05) is 12.1 Å². The first kappa shape index (κ1) is 13.3. The van der Waals surface area contributed by atoms with Crippen LogP contribution in [-0.4, -0.2) is 27.7 Å². The maximum absolute atomic E-state index is 11.8. The summed E-state index contributed by atoms with van der Waals surface area (Å²) < 4.78 is 2.12. The van der Waals surface area contributed by atoms with Gasteiger partial charge in [0.2, 0.25) is 5.91 Å². The second kappa shape index (κ2) is 5.37. The number of carbonyl (C=O) groups is 1. The molecule has 1 saturated heterocycles. The molecule has 20 heavy (non-hydrogen) atoms. The molecule has 104 valence electrons. The zero-order valence-electron chi connectivity index (χ0n) is 11.7. The number of nitrogens with zero attached hydrogens (tertiary/aromatic N) is 2. The average molecular weight is 286 g/mol. The van der Waals surface area contributed by atoms with E-state index in [2.05, 4.69) is 54.2 Å².